The molecule has 4 rings (SSSR count). The summed E-state index contributed by atoms with van der Waals surface area (Å²) >= 11 is 6.31. The minimum Gasteiger partial charge on any atom is -0.419 e. The summed E-state index contributed by atoms with van der Waals surface area (Å²) in [6.07, 6.45) is 0. The quantitative estimate of drug-likeness (QED) is 0.377. The van der Waals surface area contributed by atoms with Gasteiger partial charge in [-0.15, -0.1) is 10.2 Å². The van der Waals surface area contributed by atoms with Crippen molar-refractivity contribution in [2.24, 2.45) is 0 Å². The first kappa shape index (κ1) is 23.6. The van der Waals surface area contributed by atoms with Gasteiger partial charge in [-0.1, -0.05) is 48.0 Å². The first-order chi connectivity index (χ1) is 16.3. The van der Waals surface area contributed by atoms with Gasteiger partial charge in [0.25, 0.3) is 0 Å². The van der Waals surface area contributed by atoms with E-state index < -0.39 is 10.0 Å². The van der Waals surface area contributed by atoms with Gasteiger partial charge in [-0.2, -0.15) is 4.31 Å². The first-order valence-electron chi connectivity index (χ1n) is 10.3. The summed E-state index contributed by atoms with van der Waals surface area (Å²) in [7, 11) is -3.98. The van der Waals surface area contributed by atoms with E-state index in [-0.39, 0.29) is 29.8 Å². The molecule has 4 aromatic rings. The van der Waals surface area contributed by atoms with E-state index in [1.165, 1.54) is 35.5 Å². The number of amides is 1. The highest BCUT2D eigenvalue weighted by Crippen LogP contribution is 2.26. The molecule has 0 saturated carbocycles. The molecule has 3 aromatic carbocycles. The molecule has 1 heterocycles. The van der Waals surface area contributed by atoms with Crippen molar-refractivity contribution in [2.75, 3.05) is 5.32 Å². The lowest BCUT2D eigenvalue weighted by atomic mass is 10.2. The van der Waals surface area contributed by atoms with Crippen LogP contribution in [0.25, 0.3) is 11.5 Å². The van der Waals surface area contributed by atoms with Gasteiger partial charge in [0.1, 0.15) is 0 Å². The molecule has 34 heavy (non-hydrogen) atoms. The lowest BCUT2D eigenvalue weighted by molar-refractivity contribution is -0.114. The van der Waals surface area contributed by atoms with Crippen molar-refractivity contribution < 1.29 is 17.6 Å². The second kappa shape index (κ2) is 10.2. The minimum atomic E-state index is -3.98. The van der Waals surface area contributed by atoms with Gasteiger partial charge in [0.2, 0.25) is 27.7 Å². The summed E-state index contributed by atoms with van der Waals surface area (Å²) in [6, 6.07) is 22.2. The number of anilines is 1. The van der Waals surface area contributed by atoms with Crippen molar-refractivity contribution in [3.8, 4) is 11.5 Å². The molecule has 0 fully saturated rings. The summed E-state index contributed by atoms with van der Waals surface area (Å²) in [5, 5.41) is 11.2. The number of rotatable bonds is 8. The van der Waals surface area contributed by atoms with Gasteiger partial charge in [0.05, 0.1) is 11.4 Å². The number of hydrogen-bond acceptors (Lipinski definition) is 6. The molecule has 0 aliphatic heterocycles. The highest BCUT2D eigenvalue weighted by Gasteiger charge is 2.28. The Morgan fingerprint density at radius 2 is 1.62 bits per heavy atom. The van der Waals surface area contributed by atoms with Crippen molar-refractivity contribution in [1.29, 1.82) is 0 Å². The third-order valence-corrected chi connectivity index (χ3v) is 7.09. The van der Waals surface area contributed by atoms with E-state index in [1.54, 1.807) is 24.3 Å². The van der Waals surface area contributed by atoms with Crippen LogP contribution in [0.1, 0.15) is 18.4 Å². The van der Waals surface area contributed by atoms with Gasteiger partial charge in [0, 0.05) is 29.7 Å². The fourth-order valence-electron chi connectivity index (χ4n) is 3.27. The highest BCUT2D eigenvalue weighted by molar-refractivity contribution is 7.89. The number of benzene rings is 3. The number of carbonyl (C=O) groups excluding carboxylic acids is 1. The monoisotopic (exact) mass is 496 g/mol. The zero-order chi connectivity index (χ0) is 24.1. The standard InChI is InChI=1S/C24H21ClN4O4S/c1-17(30)26-20-11-13-21(14-12-20)34(31,32)29(15-19-9-5-6-10-22(19)25)16-23-27-28-24(33-23)18-7-3-2-4-8-18/h2-14H,15-16H2,1H3,(H,26,30). The van der Waals surface area contributed by atoms with Gasteiger partial charge in [0.15, 0.2) is 0 Å². The molecule has 8 nitrogen and oxygen atoms in total. The van der Waals surface area contributed by atoms with Crippen molar-refractivity contribution in [3.05, 3.63) is 95.3 Å². The number of halogens is 1. The average Bonchev–Trinajstić information content (AvgIpc) is 3.29. The molecule has 0 unspecified atom stereocenters. The summed E-state index contributed by atoms with van der Waals surface area (Å²) in [6.45, 7) is 1.23. The van der Waals surface area contributed by atoms with E-state index in [0.29, 0.717) is 22.2 Å². The van der Waals surface area contributed by atoms with Crippen LogP contribution in [0.3, 0.4) is 0 Å². The van der Waals surface area contributed by atoms with Crippen LogP contribution in [0.5, 0.6) is 0 Å². The second-order valence-corrected chi connectivity index (χ2v) is 9.78. The Labute approximate surface area is 202 Å². The van der Waals surface area contributed by atoms with Crippen LogP contribution in [-0.4, -0.2) is 28.8 Å². The van der Waals surface area contributed by atoms with Crippen molar-refractivity contribution in [3.63, 3.8) is 0 Å². The molecule has 0 aliphatic carbocycles. The maximum absolute atomic E-state index is 13.6. The molecule has 0 saturated heterocycles. The fourth-order valence-corrected chi connectivity index (χ4v) is 4.83. The van der Waals surface area contributed by atoms with E-state index in [9.17, 15) is 13.2 Å². The number of aromatic nitrogens is 2. The Kier molecular flexibility index (Phi) is 7.06. The largest absolute Gasteiger partial charge is 0.419 e. The van der Waals surface area contributed by atoms with Gasteiger partial charge in [-0.05, 0) is 48.0 Å². The molecular weight excluding hydrogens is 476 g/mol. The summed E-state index contributed by atoms with van der Waals surface area (Å²) < 4.78 is 34.1. The van der Waals surface area contributed by atoms with Crippen LogP contribution < -0.4 is 5.32 Å². The Balaban J connectivity index is 1.66. The van der Waals surface area contributed by atoms with E-state index in [1.807, 2.05) is 30.3 Å². The summed E-state index contributed by atoms with van der Waals surface area (Å²) in [5.74, 6) is 0.191. The molecule has 0 radical (unpaired) electrons. The lowest BCUT2D eigenvalue weighted by Crippen LogP contribution is -2.30. The summed E-state index contributed by atoms with van der Waals surface area (Å²) in [4.78, 5) is 11.3. The third-order valence-electron chi connectivity index (χ3n) is 4.92. The summed E-state index contributed by atoms with van der Waals surface area (Å²) in [5.41, 5.74) is 1.86. The van der Waals surface area contributed by atoms with Crippen LogP contribution in [0.15, 0.2) is 88.2 Å². The fraction of sp³-hybridized carbons (Fsp3) is 0.125. The predicted octanol–water partition coefficient (Wildman–Crippen LogP) is 4.74. The zero-order valence-corrected chi connectivity index (χ0v) is 19.8. The topological polar surface area (TPSA) is 105 Å². The number of nitrogens with one attached hydrogen (secondary N) is 1. The maximum atomic E-state index is 13.6. The Hall–Kier alpha value is -3.53. The molecule has 174 valence electrons. The number of nitrogens with zero attached hydrogens (tertiary/aromatic N) is 3. The number of hydrogen-bond donors (Lipinski definition) is 1. The third kappa shape index (κ3) is 5.51. The SMILES string of the molecule is CC(=O)Nc1ccc(S(=O)(=O)N(Cc2nnc(-c3ccccc3)o2)Cc2ccccc2Cl)cc1. The van der Waals surface area contributed by atoms with Crippen molar-refractivity contribution >= 4 is 33.2 Å². The Bertz CT molecular complexity index is 1390. The van der Waals surface area contributed by atoms with Crippen LogP contribution >= 0.6 is 11.6 Å². The molecule has 0 bridgehead atoms. The van der Waals surface area contributed by atoms with E-state index >= 15 is 0 Å². The Morgan fingerprint density at radius 1 is 0.941 bits per heavy atom. The first-order valence-corrected chi connectivity index (χ1v) is 12.1. The van der Waals surface area contributed by atoms with E-state index in [2.05, 4.69) is 15.5 Å². The molecule has 0 aliphatic rings. The van der Waals surface area contributed by atoms with Gasteiger partial charge in [-0.25, -0.2) is 8.42 Å². The van der Waals surface area contributed by atoms with Crippen LogP contribution in [-0.2, 0) is 27.9 Å². The molecule has 0 atom stereocenters. The minimum absolute atomic E-state index is 0.00148. The molecule has 1 N–H and O–H groups in total. The maximum Gasteiger partial charge on any atom is 0.247 e. The van der Waals surface area contributed by atoms with E-state index in [4.69, 9.17) is 16.0 Å². The average molecular weight is 497 g/mol. The number of sulfonamides is 1. The lowest BCUT2D eigenvalue weighted by Gasteiger charge is -2.21. The smallest absolute Gasteiger partial charge is 0.247 e. The van der Waals surface area contributed by atoms with Gasteiger partial charge >= 0.3 is 0 Å². The predicted molar refractivity (Wildman–Crippen MR) is 128 cm³/mol. The molecular formula is C24H21ClN4O4S. The van der Waals surface area contributed by atoms with Crippen molar-refractivity contribution in [2.45, 2.75) is 24.9 Å². The normalized spacial score (nSPS) is 11.5. The zero-order valence-electron chi connectivity index (χ0n) is 18.2. The van der Waals surface area contributed by atoms with Gasteiger partial charge in [-0.3, -0.25) is 4.79 Å². The number of carbonyl (C=O) groups is 1. The molecule has 0 spiro atoms. The Morgan fingerprint density at radius 3 is 2.29 bits per heavy atom. The van der Waals surface area contributed by atoms with E-state index in [0.717, 1.165) is 5.56 Å². The van der Waals surface area contributed by atoms with Crippen LogP contribution in [0, 0.1) is 0 Å². The molecule has 1 amide bonds. The van der Waals surface area contributed by atoms with Crippen LogP contribution in [0.2, 0.25) is 5.02 Å². The molecule has 10 heteroatoms. The van der Waals surface area contributed by atoms with Crippen molar-refractivity contribution in [1.82, 2.24) is 14.5 Å². The second-order valence-electron chi connectivity index (χ2n) is 7.44. The van der Waals surface area contributed by atoms with Crippen LogP contribution in [0.4, 0.5) is 5.69 Å². The molecule has 1 aromatic heterocycles. The highest BCUT2D eigenvalue weighted by atomic mass is 35.5. The van der Waals surface area contributed by atoms with Gasteiger partial charge < -0.3 is 9.73 Å².